The van der Waals surface area contributed by atoms with E-state index in [1.165, 1.54) is 25.1 Å². The van der Waals surface area contributed by atoms with E-state index < -0.39 is 35.7 Å². The van der Waals surface area contributed by atoms with Gasteiger partial charge < -0.3 is 15.7 Å². The van der Waals surface area contributed by atoms with Crippen LogP contribution in [-0.2, 0) is 25.6 Å². The summed E-state index contributed by atoms with van der Waals surface area (Å²) in [5.41, 5.74) is 0.217. The number of nitrogens with one attached hydrogen (secondary N) is 2. The van der Waals surface area contributed by atoms with E-state index in [4.69, 9.17) is 0 Å². The molecular formula is C18H23FN2O5. The Kier molecular flexibility index (Phi) is 8.41. The third kappa shape index (κ3) is 7.00. The number of amides is 2. The van der Waals surface area contributed by atoms with Crippen LogP contribution < -0.4 is 10.6 Å². The molecule has 0 fully saturated rings. The number of aliphatic carboxylic acids is 1. The van der Waals surface area contributed by atoms with E-state index in [0.717, 1.165) is 0 Å². The minimum atomic E-state index is -1.28. The third-order valence-corrected chi connectivity index (χ3v) is 3.80. The van der Waals surface area contributed by atoms with Gasteiger partial charge in [-0.25, -0.2) is 9.18 Å². The fraction of sp³-hybridized carbons (Fsp3) is 0.444. The number of halogens is 1. The van der Waals surface area contributed by atoms with E-state index in [2.05, 4.69) is 10.6 Å². The maximum Gasteiger partial charge on any atom is 0.326 e. The standard InChI is InChI=1S/C18H23FN2O5/c1-3-13(23)8-9-15(18(25)26)21-17(24)16(20-11(2)22)10-12-6-4-5-7-14(12)19/h4-7,15-16H,3,8-10H2,1-2H3,(H,20,22)(H,21,24)(H,25,26)/t15-,16+/m0/s1. The van der Waals surface area contributed by atoms with Crippen LogP contribution >= 0.6 is 0 Å². The van der Waals surface area contributed by atoms with Crippen LogP contribution in [0.2, 0.25) is 0 Å². The van der Waals surface area contributed by atoms with Crippen LogP contribution in [0.5, 0.6) is 0 Å². The molecule has 2 amide bonds. The maximum absolute atomic E-state index is 13.8. The van der Waals surface area contributed by atoms with Gasteiger partial charge in [-0.15, -0.1) is 0 Å². The van der Waals surface area contributed by atoms with Crippen molar-refractivity contribution < 1.29 is 28.7 Å². The van der Waals surface area contributed by atoms with Crippen LogP contribution in [0, 0.1) is 5.82 Å². The van der Waals surface area contributed by atoms with E-state index in [1.807, 2.05) is 0 Å². The molecule has 0 radical (unpaired) electrons. The molecule has 0 aliphatic carbocycles. The molecule has 142 valence electrons. The number of hydrogen-bond acceptors (Lipinski definition) is 4. The van der Waals surface area contributed by atoms with Crippen LogP contribution in [0.15, 0.2) is 24.3 Å². The highest BCUT2D eigenvalue weighted by Gasteiger charge is 2.27. The van der Waals surface area contributed by atoms with Crippen LogP contribution in [0.25, 0.3) is 0 Å². The van der Waals surface area contributed by atoms with Gasteiger partial charge in [0.2, 0.25) is 11.8 Å². The molecule has 8 heteroatoms. The molecule has 0 aliphatic rings. The predicted octanol–water partition coefficient (Wildman–Crippen LogP) is 1.20. The Bertz CT molecular complexity index is 677. The Morgan fingerprint density at radius 1 is 1.12 bits per heavy atom. The first-order valence-corrected chi connectivity index (χ1v) is 8.30. The van der Waals surface area contributed by atoms with Gasteiger partial charge in [-0.3, -0.25) is 14.4 Å². The minimum Gasteiger partial charge on any atom is -0.480 e. The summed E-state index contributed by atoms with van der Waals surface area (Å²) in [7, 11) is 0. The molecule has 2 atom stereocenters. The van der Waals surface area contributed by atoms with Crippen molar-refractivity contribution in [3.63, 3.8) is 0 Å². The monoisotopic (exact) mass is 366 g/mol. The van der Waals surface area contributed by atoms with Crippen LogP contribution in [-0.4, -0.2) is 40.8 Å². The summed E-state index contributed by atoms with van der Waals surface area (Å²) in [6, 6.07) is 3.40. The van der Waals surface area contributed by atoms with Gasteiger partial charge in [0.25, 0.3) is 0 Å². The van der Waals surface area contributed by atoms with E-state index in [-0.39, 0.29) is 37.0 Å². The lowest BCUT2D eigenvalue weighted by atomic mass is 10.0. The fourth-order valence-corrected chi connectivity index (χ4v) is 2.35. The topological polar surface area (TPSA) is 113 Å². The van der Waals surface area contributed by atoms with Crippen molar-refractivity contribution in [2.24, 2.45) is 0 Å². The Labute approximate surface area is 151 Å². The summed E-state index contributed by atoms with van der Waals surface area (Å²) in [6.07, 6.45) is 0.118. The Hall–Kier alpha value is -2.77. The molecule has 0 saturated heterocycles. The summed E-state index contributed by atoms with van der Waals surface area (Å²) < 4.78 is 13.8. The van der Waals surface area contributed by atoms with Gasteiger partial charge in [-0.1, -0.05) is 25.1 Å². The SMILES string of the molecule is CCC(=O)CC[C@H](NC(=O)[C@@H](Cc1ccccc1F)NC(C)=O)C(=O)O. The molecule has 7 nitrogen and oxygen atoms in total. The number of ketones is 1. The average molecular weight is 366 g/mol. The molecule has 0 aromatic heterocycles. The Morgan fingerprint density at radius 2 is 1.77 bits per heavy atom. The summed E-state index contributed by atoms with van der Waals surface area (Å²) in [5, 5.41) is 13.9. The highest BCUT2D eigenvalue weighted by Crippen LogP contribution is 2.10. The van der Waals surface area contributed by atoms with Crippen LogP contribution in [0.1, 0.15) is 38.7 Å². The van der Waals surface area contributed by atoms with Gasteiger partial charge in [0.05, 0.1) is 0 Å². The zero-order valence-electron chi connectivity index (χ0n) is 14.8. The van der Waals surface area contributed by atoms with Gasteiger partial charge in [-0.05, 0) is 18.1 Å². The molecule has 0 heterocycles. The second-order valence-corrected chi connectivity index (χ2v) is 5.88. The molecule has 1 aromatic carbocycles. The van der Waals surface area contributed by atoms with Crippen molar-refractivity contribution in [2.45, 2.75) is 51.6 Å². The number of carbonyl (C=O) groups is 4. The lowest BCUT2D eigenvalue weighted by Gasteiger charge is -2.21. The quantitative estimate of drug-likeness (QED) is 0.576. The fourth-order valence-electron chi connectivity index (χ4n) is 2.35. The van der Waals surface area contributed by atoms with Gasteiger partial charge in [0.1, 0.15) is 23.7 Å². The van der Waals surface area contributed by atoms with Crippen molar-refractivity contribution in [1.82, 2.24) is 10.6 Å². The smallest absolute Gasteiger partial charge is 0.326 e. The largest absolute Gasteiger partial charge is 0.480 e. The molecule has 0 saturated carbocycles. The molecule has 0 aliphatic heterocycles. The Balaban J connectivity index is 2.86. The van der Waals surface area contributed by atoms with Crippen LogP contribution in [0.4, 0.5) is 4.39 Å². The second kappa shape index (κ2) is 10.3. The summed E-state index contributed by atoms with van der Waals surface area (Å²) in [6.45, 7) is 2.87. The number of hydrogen-bond donors (Lipinski definition) is 3. The number of carboxylic acids is 1. The van der Waals surface area contributed by atoms with E-state index in [0.29, 0.717) is 0 Å². The second-order valence-electron chi connectivity index (χ2n) is 5.88. The Morgan fingerprint density at radius 3 is 2.31 bits per heavy atom. The van der Waals surface area contributed by atoms with Crippen molar-refractivity contribution in [3.8, 4) is 0 Å². The molecular weight excluding hydrogens is 343 g/mol. The summed E-state index contributed by atoms with van der Waals surface area (Å²) >= 11 is 0. The van der Waals surface area contributed by atoms with Crippen LogP contribution in [0.3, 0.4) is 0 Å². The zero-order valence-corrected chi connectivity index (χ0v) is 14.8. The van der Waals surface area contributed by atoms with Crippen molar-refractivity contribution >= 4 is 23.6 Å². The molecule has 0 unspecified atom stereocenters. The molecule has 0 spiro atoms. The van der Waals surface area contributed by atoms with Gasteiger partial charge in [-0.2, -0.15) is 0 Å². The lowest BCUT2D eigenvalue weighted by Crippen LogP contribution is -2.52. The van der Waals surface area contributed by atoms with E-state index in [1.54, 1.807) is 13.0 Å². The van der Waals surface area contributed by atoms with Crippen molar-refractivity contribution in [3.05, 3.63) is 35.6 Å². The van der Waals surface area contributed by atoms with Gasteiger partial charge in [0, 0.05) is 26.2 Å². The van der Waals surface area contributed by atoms with E-state index >= 15 is 0 Å². The normalized spacial score (nSPS) is 12.7. The first-order valence-electron chi connectivity index (χ1n) is 8.30. The van der Waals surface area contributed by atoms with Crippen molar-refractivity contribution in [2.75, 3.05) is 0 Å². The number of carbonyl (C=O) groups excluding carboxylic acids is 3. The first kappa shape index (κ1) is 21.3. The number of benzene rings is 1. The minimum absolute atomic E-state index is 0.0197. The average Bonchev–Trinajstić information content (AvgIpc) is 2.58. The zero-order chi connectivity index (χ0) is 19.7. The molecule has 0 bridgehead atoms. The van der Waals surface area contributed by atoms with Crippen molar-refractivity contribution in [1.29, 1.82) is 0 Å². The molecule has 1 rings (SSSR count). The predicted molar refractivity (Wildman–Crippen MR) is 91.8 cm³/mol. The molecule has 3 N–H and O–H groups in total. The number of carboxylic acid groups (broad SMARTS) is 1. The summed E-state index contributed by atoms with van der Waals surface area (Å²) in [5.74, 6) is -3.18. The highest BCUT2D eigenvalue weighted by atomic mass is 19.1. The molecule has 26 heavy (non-hydrogen) atoms. The van der Waals surface area contributed by atoms with E-state index in [9.17, 15) is 28.7 Å². The van der Waals surface area contributed by atoms with Gasteiger partial charge in [0.15, 0.2) is 0 Å². The number of Topliss-reactive ketones (excluding diaryl/α,β-unsaturated/α-hetero) is 1. The number of rotatable bonds is 10. The summed E-state index contributed by atoms with van der Waals surface area (Å²) in [4.78, 5) is 46.5. The van der Waals surface area contributed by atoms with Gasteiger partial charge >= 0.3 is 5.97 Å². The molecule has 1 aromatic rings. The highest BCUT2D eigenvalue weighted by molar-refractivity contribution is 5.90. The lowest BCUT2D eigenvalue weighted by molar-refractivity contribution is -0.142. The third-order valence-electron chi connectivity index (χ3n) is 3.80. The maximum atomic E-state index is 13.8. The first-order chi connectivity index (χ1) is 12.2.